The van der Waals surface area contributed by atoms with Gasteiger partial charge in [0, 0.05) is 18.6 Å². The lowest BCUT2D eigenvalue weighted by Gasteiger charge is -2.10. The van der Waals surface area contributed by atoms with Crippen LogP contribution in [0.3, 0.4) is 0 Å². The van der Waals surface area contributed by atoms with Crippen LogP contribution in [0, 0.1) is 10.1 Å². The summed E-state index contributed by atoms with van der Waals surface area (Å²) in [6.45, 7) is 1.30. The lowest BCUT2D eigenvalue weighted by molar-refractivity contribution is -0.385. The summed E-state index contributed by atoms with van der Waals surface area (Å²) in [4.78, 5) is 10.6. The maximum Gasteiger partial charge on any atom is 0.311 e. The van der Waals surface area contributed by atoms with Crippen LogP contribution in [-0.2, 0) is 10.6 Å². The first-order valence-corrected chi connectivity index (χ1v) is 7.32. The second-order valence-corrected chi connectivity index (χ2v) is 5.09. The normalized spacial score (nSPS) is 18.1. The number of nitrogens with zero attached hydrogens (tertiary/aromatic N) is 1. The van der Waals surface area contributed by atoms with Crippen molar-refractivity contribution in [3.63, 3.8) is 0 Å². The Morgan fingerprint density at radius 3 is 3.00 bits per heavy atom. The van der Waals surface area contributed by atoms with Crippen LogP contribution < -0.4 is 4.74 Å². The van der Waals surface area contributed by atoms with E-state index in [0.717, 1.165) is 32.3 Å². The van der Waals surface area contributed by atoms with Gasteiger partial charge in [0.1, 0.15) is 0 Å². The molecule has 1 atom stereocenters. The lowest BCUT2D eigenvalue weighted by Crippen LogP contribution is -2.08. The number of nitro groups is 1. The zero-order valence-corrected chi connectivity index (χ0v) is 12.0. The molecule has 0 amide bonds. The Morgan fingerprint density at radius 1 is 1.50 bits per heavy atom. The molecule has 1 fully saturated rings. The molecule has 1 heterocycles. The molecule has 0 aromatic heterocycles. The minimum absolute atomic E-state index is 0.0275. The fourth-order valence-corrected chi connectivity index (χ4v) is 2.44. The SMILES string of the molecule is O=[N+]([O-])c1cc(CCl)ccc1OCCCC1CCCO1. The van der Waals surface area contributed by atoms with Crippen LogP contribution in [0.2, 0.25) is 0 Å². The van der Waals surface area contributed by atoms with Gasteiger partial charge < -0.3 is 9.47 Å². The third-order valence-electron chi connectivity index (χ3n) is 3.33. The summed E-state index contributed by atoms with van der Waals surface area (Å²) in [5.74, 6) is 0.552. The first-order valence-electron chi connectivity index (χ1n) is 6.78. The highest BCUT2D eigenvalue weighted by Crippen LogP contribution is 2.29. The van der Waals surface area contributed by atoms with Crippen LogP contribution in [-0.4, -0.2) is 24.2 Å². The highest BCUT2D eigenvalue weighted by atomic mass is 35.5. The van der Waals surface area contributed by atoms with Crippen molar-refractivity contribution >= 4 is 17.3 Å². The first-order chi connectivity index (χ1) is 9.70. The monoisotopic (exact) mass is 299 g/mol. The van der Waals surface area contributed by atoms with Crippen LogP contribution in [0.4, 0.5) is 5.69 Å². The summed E-state index contributed by atoms with van der Waals surface area (Å²) < 4.78 is 11.0. The molecule has 1 aromatic carbocycles. The van der Waals surface area contributed by atoms with Crippen molar-refractivity contribution in [3.8, 4) is 5.75 Å². The first kappa shape index (κ1) is 15.1. The molecule has 5 nitrogen and oxygen atoms in total. The quantitative estimate of drug-likeness (QED) is 0.333. The average molecular weight is 300 g/mol. The van der Waals surface area contributed by atoms with Gasteiger partial charge in [0.2, 0.25) is 0 Å². The van der Waals surface area contributed by atoms with E-state index in [9.17, 15) is 10.1 Å². The topological polar surface area (TPSA) is 61.6 Å². The third kappa shape index (κ3) is 4.08. The van der Waals surface area contributed by atoms with Crippen molar-refractivity contribution in [2.75, 3.05) is 13.2 Å². The Morgan fingerprint density at radius 2 is 2.35 bits per heavy atom. The highest BCUT2D eigenvalue weighted by molar-refractivity contribution is 6.17. The molecule has 1 saturated heterocycles. The number of benzene rings is 1. The van der Waals surface area contributed by atoms with Crippen molar-refractivity contribution in [2.45, 2.75) is 37.7 Å². The van der Waals surface area contributed by atoms with E-state index < -0.39 is 4.92 Å². The predicted octanol–water partition coefficient (Wildman–Crippen LogP) is 3.67. The summed E-state index contributed by atoms with van der Waals surface area (Å²) in [5, 5.41) is 11.0. The number of rotatable bonds is 7. The maximum absolute atomic E-state index is 11.0. The number of hydrogen-bond acceptors (Lipinski definition) is 4. The van der Waals surface area contributed by atoms with Gasteiger partial charge in [0.15, 0.2) is 5.75 Å². The zero-order valence-electron chi connectivity index (χ0n) is 11.2. The van der Waals surface area contributed by atoms with E-state index in [1.807, 2.05) is 0 Å². The molecule has 0 spiro atoms. The Labute approximate surface area is 123 Å². The Kier molecular flexibility index (Phi) is 5.61. The molecule has 1 unspecified atom stereocenters. The van der Waals surface area contributed by atoms with E-state index in [1.165, 1.54) is 6.07 Å². The molecule has 110 valence electrons. The summed E-state index contributed by atoms with van der Waals surface area (Å²) in [5.41, 5.74) is 0.685. The van der Waals surface area contributed by atoms with Gasteiger partial charge in [-0.25, -0.2) is 0 Å². The molecule has 1 aromatic rings. The average Bonchev–Trinajstić information content (AvgIpc) is 2.96. The molecule has 1 aliphatic rings. The standard InChI is InChI=1S/C14H18ClNO4/c15-10-11-5-6-14(13(9-11)16(17)18)20-8-2-4-12-3-1-7-19-12/h5-6,9,12H,1-4,7-8,10H2. The largest absolute Gasteiger partial charge is 0.487 e. The molecular weight excluding hydrogens is 282 g/mol. The molecule has 6 heteroatoms. The zero-order chi connectivity index (χ0) is 14.4. The Hall–Kier alpha value is -1.33. The Bertz CT molecular complexity index is 460. The van der Waals surface area contributed by atoms with E-state index in [4.69, 9.17) is 21.1 Å². The second-order valence-electron chi connectivity index (χ2n) is 4.82. The van der Waals surface area contributed by atoms with Crippen molar-refractivity contribution in [1.29, 1.82) is 0 Å². The minimum Gasteiger partial charge on any atom is -0.487 e. The molecule has 0 saturated carbocycles. The van der Waals surface area contributed by atoms with Crippen LogP contribution >= 0.6 is 11.6 Å². The van der Waals surface area contributed by atoms with Gasteiger partial charge in [0.25, 0.3) is 0 Å². The fourth-order valence-electron chi connectivity index (χ4n) is 2.28. The molecule has 20 heavy (non-hydrogen) atoms. The maximum atomic E-state index is 11.0. The number of nitro benzene ring substituents is 1. The number of halogens is 1. The van der Waals surface area contributed by atoms with Gasteiger partial charge in [-0.3, -0.25) is 10.1 Å². The van der Waals surface area contributed by atoms with Crippen molar-refractivity contribution in [1.82, 2.24) is 0 Å². The molecule has 1 aliphatic heterocycles. The summed E-state index contributed by atoms with van der Waals surface area (Å²) in [6.07, 6.45) is 4.32. The number of alkyl halides is 1. The van der Waals surface area contributed by atoms with E-state index in [-0.39, 0.29) is 11.6 Å². The highest BCUT2D eigenvalue weighted by Gasteiger charge is 2.17. The Balaban J connectivity index is 1.86. The van der Waals surface area contributed by atoms with Gasteiger partial charge in [-0.1, -0.05) is 6.07 Å². The summed E-state index contributed by atoms with van der Waals surface area (Å²) >= 11 is 5.68. The van der Waals surface area contributed by atoms with E-state index >= 15 is 0 Å². The smallest absolute Gasteiger partial charge is 0.311 e. The molecule has 0 radical (unpaired) electrons. The molecule has 2 rings (SSSR count). The molecule has 0 N–H and O–H groups in total. The predicted molar refractivity (Wildman–Crippen MR) is 76.4 cm³/mol. The number of hydrogen-bond donors (Lipinski definition) is 0. The second kappa shape index (κ2) is 7.45. The third-order valence-corrected chi connectivity index (χ3v) is 3.63. The van der Waals surface area contributed by atoms with Crippen molar-refractivity contribution in [3.05, 3.63) is 33.9 Å². The molecular formula is C14H18ClNO4. The van der Waals surface area contributed by atoms with Crippen LogP contribution in [0.25, 0.3) is 0 Å². The summed E-state index contributed by atoms with van der Waals surface area (Å²) in [7, 11) is 0. The van der Waals surface area contributed by atoms with Crippen LogP contribution in [0.1, 0.15) is 31.2 Å². The summed E-state index contributed by atoms with van der Waals surface area (Å²) in [6, 6.07) is 4.82. The fraction of sp³-hybridized carbons (Fsp3) is 0.571. The van der Waals surface area contributed by atoms with Gasteiger partial charge in [-0.15, -0.1) is 11.6 Å². The van der Waals surface area contributed by atoms with Crippen LogP contribution in [0.15, 0.2) is 18.2 Å². The van der Waals surface area contributed by atoms with Crippen molar-refractivity contribution in [2.24, 2.45) is 0 Å². The van der Waals surface area contributed by atoms with Gasteiger partial charge in [-0.2, -0.15) is 0 Å². The van der Waals surface area contributed by atoms with E-state index in [0.29, 0.717) is 24.0 Å². The van der Waals surface area contributed by atoms with Gasteiger partial charge >= 0.3 is 5.69 Å². The molecule has 0 bridgehead atoms. The minimum atomic E-state index is -0.439. The number of ether oxygens (including phenoxy) is 2. The van der Waals surface area contributed by atoms with Gasteiger partial charge in [0.05, 0.1) is 17.6 Å². The van der Waals surface area contributed by atoms with Crippen LogP contribution in [0.5, 0.6) is 5.75 Å². The van der Waals surface area contributed by atoms with E-state index in [2.05, 4.69) is 0 Å². The molecule has 0 aliphatic carbocycles. The lowest BCUT2D eigenvalue weighted by atomic mass is 10.1. The van der Waals surface area contributed by atoms with E-state index in [1.54, 1.807) is 12.1 Å². The van der Waals surface area contributed by atoms with Gasteiger partial charge in [-0.05, 0) is 37.3 Å². The van der Waals surface area contributed by atoms with Crippen molar-refractivity contribution < 1.29 is 14.4 Å².